The van der Waals surface area contributed by atoms with E-state index in [1.54, 1.807) is 0 Å². The van der Waals surface area contributed by atoms with Crippen LogP contribution in [0.5, 0.6) is 0 Å². The summed E-state index contributed by atoms with van der Waals surface area (Å²) in [6, 6.07) is 17.3. The van der Waals surface area contributed by atoms with E-state index < -0.39 is 10.8 Å². The van der Waals surface area contributed by atoms with Crippen molar-refractivity contribution in [3.8, 4) is 11.1 Å². The van der Waals surface area contributed by atoms with Crippen LogP contribution >= 0.6 is 23.5 Å². The summed E-state index contributed by atoms with van der Waals surface area (Å²) < 4.78 is 9.76. The third-order valence-corrected chi connectivity index (χ3v) is 8.14. The van der Waals surface area contributed by atoms with Crippen molar-refractivity contribution in [1.82, 2.24) is 0 Å². The summed E-state index contributed by atoms with van der Waals surface area (Å²) in [6.45, 7) is 7.75. The maximum Gasteiger partial charge on any atom is 0.311 e. The number of methoxy groups -OCH3 is 2. The predicted octanol–water partition coefficient (Wildman–Crippen LogP) is 7.50. The molecule has 186 valence electrons. The predicted molar refractivity (Wildman–Crippen MR) is 143 cm³/mol. The molecule has 34 heavy (non-hydrogen) atoms. The number of thioether (sulfide) groups is 2. The van der Waals surface area contributed by atoms with Gasteiger partial charge in [-0.3, -0.25) is 9.59 Å². The molecular weight excluding hydrogens is 464 g/mol. The molecule has 0 atom stereocenters. The normalized spacial score (nSPS) is 11.8. The van der Waals surface area contributed by atoms with E-state index in [0.717, 1.165) is 37.2 Å². The first kappa shape index (κ1) is 28.3. The summed E-state index contributed by atoms with van der Waals surface area (Å²) in [6.07, 6.45) is 3.57. The van der Waals surface area contributed by atoms with Gasteiger partial charge in [0.1, 0.15) is 0 Å². The van der Waals surface area contributed by atoms with E-state index in [0.29, 0.717) is 0 Å². The fraction of sp³-hybridized carbons (Fsp3) is 0.500. The number of benzene rings is 2. The molecule has 0 heterocycles. The molecule has 0 unspecified atom stereocenters. The van der Waals surface area contributed by atoms with Crippen LogP contribution in [0, 0.1) is 10.8 Å². The Labute approximate surface area is 213 Å². The monoisotopic (exact) mass is 502 g/mol. The van der Waals surface area contributed by atoms with E-state index in [4.69, 9.17) is 9.47 Å². The largest absolute Gasteiger partial charge is 0.469 e. The van der Waals surface area contributed by atoms with Crippen LogP contribution in [0.25, 0.3) is 11.1 Å². The molecule has 0 aromatic heterocycles. The molecule has 0 fully saturated rings. The zero-order valence-corrected chi connectivity index (χ0v) is 22.9. The quantitative estimate of drug-likeness (QED) is 0.161. The molecule has 0 aliphatic carbocycles. The van der Waals surface area contributed by atoms with Crippen molar-refractivity contribution in [3.63, 3.8) is 0 Å². The van der Waals surface area contributed by atoms with Gasteiger partial charge in [-0.2, -0.15) is 0 Å². The van der Waals surface area contributed by atoms with Gasteiger partial charge < -0.3 is 9.47 Å². The molecule has 2 aromatic carbocycles. The second-order valence-electron chi connectivity index (χ2n) is 9.70. The Bertz CT molecular complexity index is 841. The number of carbonyl (C=O) groups excluding carboxylic acids is 2. The first-order valence-corrected chi connectivity index (χ1v) is 13.7. The van der Waals surface area contributed by atoms with Crippen LogP contribution in [0.15, 0.2) is 58.3 Å². The summed E-state index contributed by atoms with van der Waals surface area (Å²) in [5, 5.41) is 0. The number of hydrogen-bond acceptors (Lipinski definition) is 6. The van der Waals surface area contributed by atoms with Crippen molar-refractivity contribution < 1.29 is 19.1 Å². The van der Waals surface area contributed by atoms with Gasteiger partial charge in [0, 0.05) is 9.79 Å². The molecule has 0 aliphatic heterocycles. The highest BCUT2D eigenvalue weighted by Crippen LogP contribution is 2.30. The van der Waals surface area contributed by atoms with Gasteiger partial charge in [-0.25, -0.2) is 0 Å². The van der Waals surface area contributed by atoms with Crippen LogP contribution in [0.2, 0.25) is 0 Å². The number of hydrogen-bond donors (Lipinski definition) is 0. The molecule has 0 amide bonds. The third-order valence-electron chi connectivity index (χ3n) is 5.95. The standard InChI is InChI=1S/C28H38O4S2/c1-27(2,25(29)31-5)17-7-19-33-23-13-9-21(10-14-23)22-11-15-24(16-12-22)34-20-8-18-28(3,4)26(30)32-6/h9-16H,7-8,17-20H2,1-6H3. The molecule has 0 radical (unpaired) electrons. The second-order valence-corrected chi connectivity index (χ2v) is 12.0. The van der Waals surface area contributed by atoms with Gasteiger partial charge in [0.25, 0.3) is 0 Å². The maximum atomic E-state index is 11.8. The van der Waals surface area contributed by atoms with Gasteiger partial charge in [-0.05, 0) is 100 Å². The van der Waals surface area contributed by atoms with Crippen molar-refractivity contribution in [2.75, 3.05) is 25.7 Å². The van der Waals surface area contributed by atoms with Gasteiger partial charge in [-0.1, -0.05) is 24.3 Å². The Balaban J connectivity index is 1.78. The molecule has 2 aromatic rings. The fourth-order valence-corrected chi connectivity index (χ4v) is 5.36. The Hall–Kier alpha value is -1.92. The molecule has 0 bridgehead atoms. The zero-order valence-electron chi connectivity index (χ0n) is 21.3. The first-order chi connectivity index (χ1) is 16.1. The van der Waals surface area contributed by atoms with Gasteiger partial charge >= 0.3 is 11.9 Å². The smallest absolute Gasteiger partial charge is 0.311 e. The molecular formula is C28H38O4S2. The topological polar surface area (TPSA) is 52.6 Å². The highest BCUT2D eigenvalue weighted by Gasteiger charge is 2.28. The second kappa shape index (κ2) is 13.2. The minimum atomic E-state index is -0.427. The highest BCUT2D eigenvalue weighted by molar-refractivity contribution is 7.99. The lowest BCUT2D eigenvalue weighted by Gasteiger charge is -2.20. The summed E-state index contributed by atoms with van der Waals surface area (Å²) in [5.41, 5.74) is 1.55. The Kier molecular flexibility index (Phi) is 11.0. The van der Waals surface area contributed by atoms with Crippen molar-refractivity contribution in [2.45, 2.75) is 63.2 Å². The number of rotatable bonds is 13. The summed E-state index contributed by atoms with van der Waals surface area (Å²) in [7, 11) is 2.90. The van der Waals surface area contributed by atoms with E-state index in [9.17, 15) is 9.59 Å². The summed E-state index contributed by atoms with van der Waals surface area (Å²) in [4.78, 5) is 26.0. The molecule has 0 spiro atoms. The van der Waals surface area contributed by atoms with Gasteiger partial charge in [0.05, 0.1) is 25.0 Å². The van der Waals surface area contributed by atoms with E-state index >= 15 is 0 Å². The van der Waals surface area contributed by atoms with E-state index in [2.05, 4.69) is 48.5 Å². The minimum Gasteiger partial charge on any atom is -0.469 e. The Morgan fingerprint density at radius 1 is 0.647 bits per heavy atom. The van der Waals surface area contributed by atoms with Crippen LogP contribution in [-0.4, -0.2) is 37.7 Å². The molecule has 6 heteroatoms. The first-order valence-electron chi connectivity index (χ1n) is 11.7. The van der Waals surface area contributed by atoms with Crippen molar-refractivity contribution in [1.29, 1.82) is 0 Å². The summed E-state index contributed by atoms with van der Waals surface area (Å²) >= 11 is 3.64. The third kappa shape index (κ3) is 8.70. The Morgan fingerprint density at radius 3 is 1.26 bits per heavy atom. The molecule has 2 rings (SSSR count). The minimum absolute atomic E-state index is 0.145. The van der Waals surface area contributed by atoms with Crippen LogP contribution in [0.3, 0.4) is 0 Å². The molecule has 0 saturated heterocycles. The van der Waals surface area contributed by atoms with E-state index in [1.807, 2.05) is 51.2 Å². The van der Waals surface area contributed by atoms with Crippen LogP contribution in [0.1, 0.15) is 53.4 Å². The van der Waals surface area contributed by atoms with Gasteiger partial charge in [0.2, 0.25) is 0 Å². The lowest BCUT2D eigenvalue weighted by atomic mass is 9.88. The number of ether oxygens (including phenoxy) is 2. The SMILES string of the molecule is COC(=O)C(C)(C)CCCSc1ccc(-c2ccc(SCCCC(C)(C)C(=O)OC)cc2)cc1. The lowest BCUT2D eigenvalue weighted by Crippen LogP contribution is -2.25. The average molecular weight is 503 g/mol. The average Bonchev–Trinajstić information content (AvgIpc) is 2.84. The lowest BCUT2D eigenvalue weighted by molar-refractivity contribution is -0.151. The van der Waals surface area contributed by atoms with Crippen molar-refractivity contribution in [2.24, 2.45) is 10.8 Å². The fourth-order valence-electron chi connectivity index (χ4n) is 3.65. The summed E-state index contributed by atoms with van der Waals surface area (Å²) in [5.74, 6) is 1.66. The van der Waals surface area contributed by atoms with Gasteiger partial charge in [0.15, 0.2) is 0 Å². The van der Waals surface area contributed by atoms with E-state index in [-0.39, 0.29) is 11.9 Å². The number of carbonyl (C=O) groups is 2. The molecule has 0 N–H and O–H groups in total. The molecule has 4 nitrogen and oxygen atoms in total. The van der Waals surface area contributed by atoms with E-state index in [1.165, 1.54) is 35.1 Å². The van der Waals surface area contributed by atoms with Crippen molar-refractivity contribution in [3.05, 3.63) is 48.5 Å². The van der Waals surface area contributed by atoms with Crippen LogP contribution < -0.4 is 0 Å². The highest BCUT2D eigenvalue weighted by atomic mass is 32.2. The molecule has 0 aliphatic rings. The van der Waals surface area contributed by atoms with Gasteiger partial charge in [-0.15, -0.1) is 23.5 Å². The maximum absolute atomic E-state index is 11.8. The Morgan fingerprint density at radius 2 is 0.971 bits per heavy atom. The van der Waals surface area contributed by atoms with Crippen LogP contribution in [-0.2, 0) is 19.1 Å². The zero-order chi connectivity index (χ0) is 25.2. The molecule has 0 saturated carbocycles. The van der Waals surface area contributed by atoms with Crippen LogP contribution in [0.4, 0.5) is 0 Å². The van der Waals surface area contributed by atoms with Crippen molar-refractivity contribution >= 4 is 35.5 Å². The number of esters is 2.